The van der Waals surface area contributed by atoms with Crippen molar-refractivity contribution in [1.29, 1.82) is 0 Å². The summed E-state index contributed by atoms with van der Waals surface area (Å²) in [6, 6.07) is 18.3. The fraction of sp³-hybridized carbons (Fsp3) is 0.227. The van der Waals surface area contributed by atoms with Crippen LogP contribution in [0.25, 0.3) is 22.2 Å². The Labute approximate surface area is 164 Å². The monoisotopic (exact) mass is 372 g/mol. The molecule has 2 aromatic heterocycles. The van der Waals surface area contributed by atoms with Crippen LogP contribution < -0.4 is 11.1 Å². The SMILES string of the molecule is Cc1ccccc1C(C)(C)CNc1ccc(-c2ccc3[nH]nc(N)c3c2)nn1. The number of rotatable bonds is 5. The number of aromatic nitrogens is 4. The topological polar surface area (TPSA) is 92.5 Å². The Balaban J connectivity index is 1.50. The predicted octanol–water partition coefficient (Wildman–Crippen LogP) is 4.30. The molecule has 6 nitrogen and oxygen atoms in total. The van der Waals surface area contributed by atoms with E-state index in [-0.39, 0.29) is 5.41 Å². The van der Waals surface area contributed by atoms with Gasteiger partial charge in [-0.15, -0.1) is 10.2 Å². The summed E-state index contributed by atoms with van der Waals surface area (Å²) < 4.78 is 0. The molecule has 4 aromatic rings. The van der Waals surface area contributed by atoms with Crippen molar-refractivity contribution in [3.8, 4) is 11.3 Å². The first-order valence-corrected chi connectivity index (χ1v) is 9.32. The van der Waals surface area contributed by atoms with E-state index in [1.54, 1.807) is 0 Å². The molecule has 0 aliphatic rings. The van der Waals surface area contributed by atoms with Gasteiger partial charge in [0.25, 0.3) is 0 Å². The average molecular weight is 372 g/mol. The lowest BCUT2D eigenvalue weighted by molar-refractivity contribution is 0.552. The van der Waals surface area contributed by atoms with Crippen LogP contribution in [0.1, 0.15) is 25.0 Å². The van der Waals surface area contributed by atoms with E-state index in [1.807, 2.05) is 30.3 Å². The van der Waals surface area contributed by atoms with Gasteiger partial charge in [-0.05, 0) is 42.3 Å². The van der Waals surface area contributed by atoms with Crippen molar-refractivity contribution in [1.82, 2.24) is 20.4 Å². The van der Waals surface area contributed by atoms with Crippen molar-refractivity contribution in [2.24, 2.45) is 0 Å². The molecule has 2 heterocycles. The van der Waals surface area contributed by atoms with Crippen molar-refractivity contribution in [3.63, 3.8) is 0 Å². The number of nitrogen functional groups attached to an aromatic ring is 1. The van der Waals surface area contributed by atoms with Crippen LogP contribution in [0, 0.1) is 6.92 Å². The van der Waals surface area contributed by atoms with E-state index >= 15 is 0 Å². The normalized spacial score (nSPS) is 11.7. The number of aryl methyl sites for hydroxylation is 1. The summed E-state index contributed by atoms with van der Waals surface area (Å²) in [7, 11) is 0. The first kappa shape index (κ1) is 18.0. The van der Waals surface area contributed by atoms with Gasteiger partial charge < -0.3 is 11.1 Å². The van der Waals surface area contributed by atoms with E-state index in [0.29, 0.717) is 5.82 Å². The molecule has 0 aliphatic heterocycles. The largest absolute Gasteiger partial charge is 0.382 e. The Morgan fingerprint density at radius 1 is 1.04 bits per heavy atom. The Bertz CT molecular complexity index is 1110. The van der Waals surface area contributed by atoms with Crippen molar-refractivity contribution in [3.05, 3.63) is 65.7 Å². The number of nitrogens with one attached hydrogen (secondary N) is 2. The molecule has 0 fully saturated rings. The molecule has 0 unspecified atom stereocenters. The molecule has 28 heavy (non-hydrogen) atoms. The fourth-order valence-electron chi connectivity index (χ4n) is 3.51. The molecule has 2 aromatic carbocycles. The van der Waals surface area contributed by atoms with Gasteiger partial charge in [0.1, 0.15) is 5.82 Å². The Hall–Kier alpha value is -3.41. The molecule has 142 valence electrons. The van der Waals surface area contributed by atoms with E-state index in [2.05, 4.69) is 70.7 Å². The van der Waals surface area contributed by atoms with Gasteiger partial charge >= 0.3 is 0 Å². The Morgan fingerprint density at radius 2 is 1.86 bits per heavy atom. The molecule has 0 radical (unpaired) electrons. The summed E-state index contributed by atoms with van der Waals surface area (Å²) in [6.07, 6.45) is 0. The third-order valence-corrected chi connectivity index (χ3v) is 5.14. The molecule has 4 rings (SSSR count). The molecule has 0 aliphatic carbocycles. The average Bonchev–Trinajstić information content (AvgIpc) is 3.07. The number of nitrogens with zero attached hydrogens (tertiary/aromatic N) is 3. The lowest BCUT2D eigenvalue weighted by Crippen LogP contribution is -2.28. The number of benzene rings is 2. The van der Waals surface area contributed by atoms with Gasteiger partial charge in [-0.2, -0.15) is 5.10 Å². The van der Waals surface area contributed by atoms with Gasteiger partial charge in [-0.1, -0.05) is 44.2 Å². The molecule has 0 bridgehead atoms. The van der Waals surface area contributed by atoms with Crippen molar-refractivity contribution in [2.75, 3.05) is 17.6 Å². The number of nitrogens with two attached hydrogens (primary N) is 1. The van der Waals surface area contributed by atoms with Crippen LogP contribution >= 0.6 is 0 Å². The summed E-state index contributed by atoms with van der Waals surface area (Å²) in [4.78, 5) is 0. The minimum atomic E-state index is -0.0183. The molecular formula is C22H24N6. The molecule has 0 amide bonds. The summed E-state index contributed by atoms with van der Waals surface area (Å²) in [6.45, 7) is 7.38. The van der Waals surface area contributed by atoms with Crippen LogP contribution in [-0.4, -0.2) is 26.9 Å². The molecule has 6 heteroatoms. The Morgan fingerprint density at radius 3 is 2.61 bits per heavy atom. The van der Waals surface area contributed by atoms with Gasteiger partial charge in [0.2, 0.25) is 0 Å². The third-order valence-electron chi connectivity index (χ3n) is 5.14. The summed E-state index contributed by atoms with van der Waals surface area (Å²) in [5.74, 6) is 1.25. The van der Waals surface area contributed by atoms with Crippen LogP contribution in [0.2, 0.25) is 0 Å². The maximum atomic E-state index is 5.90. The fourth-order valence-corrected chi connectivity index (χ4v) is 3.51. The minimum Gasteiger partial charge on any atom is -0.382 e. The second-order valence-corrected chi connectivity index (χ2v) is 7.73. The zero-order valence-electron chi connectivity index (χ0n) is 16.3. The highest BCUT2D eigenvalue weighted by atomic mass is 15.2. The highest BCUT2D eigenvalue weighted by Gasteiger charge is 2.22. The highest BCUT2D eigenvalue weighted by molar-refractivity contribution is 5.91. The van der Waals surface area contributed by atoms with Gasteiger partial charge in [0.15, 0.2) is 5.82 Å². The zero-order chi connectivity index (χ0) is 19.7. The lowest BCUT2D eigenvalue weighted by Gasteiger charge is -2.27. The number of aromatic amines is 1. The number of hydrogen-bond donors (Lipinski definition) is 3. The Kier molecular flexibility index (Phi) is 4.47. The zero-order valence-corrected chi connectivity index (χ0v) is 16.3. The molecule has 4 N–H and O–H groups in total. The van der Waals surface area contributed by atoms with Crippen molar-refractivity contribution in [2.45, 2.75) is 26.2 Å². The van der Waals surface area contributed by atoms with E-state index in [1.165, 1.54) is 11.1 Å². The van der Waals surface area contributed by atoms with Gasteiger partial charge in [0, 0.05) is 22.9 Å². The van der Waals surface area contributed by atoms with Crippen LogP contribution in [0.3, 0.4) is 0 Å². The third kappa shape index (κ3) is 3.41. The first-order chi connectivity index (χ1) is 13.4. The van der Waals surface area contributed by atoms with Gasteiger partial charge in [-0.25, -0.2) is 0 Å². The van der Waals surface area contributed by atoms with Crippen LogP contribution in [0.5, 0.6) is 0 Å². The summed E-state index contributed by atoms with van der Waals surface area (Å²) in [5.41, 5.74) is 11.2. The molecule has 0 saturated heterocycles. The number of H-pyrrole nitrogens is 1. The van der Waals surface area contributed by atoms with Crippen molar-refractivity contribution >= 4 is 22.5 Å². The summed E-state index contributed by atoms with van der Waals surface area (Å²) in [5, 5.41) is 20.0. The number of anilines is 2. The van der Waals surface area contributed by atoms with Crippen molar-refractivity contribution < 1.29 is 0 Å². The molecular weight excluding hydrogens is 348 g/mol. The maximum Gasteiger partial charge on any atom is 0.153 e. The highest BCUT2D eigenvalue weighted by Crippen LogP contribution is 2.27. The minimum absolute atomic E-state index is 0.0183. The van der Waals surface area contributed by atoms with Gasteiger partial charge in [-0.3, -0.25) is 5.10 Å². The second-order valence-electron chi connectivity index (χ2n) is 7.73. The smallest absolute Gasteiger partial charge is 0.153 e. The van der Waals surface area contributed by atoms with E-state index in [9.17, 15) is 0 Å². The lowest BCUT2D eigenvalue weighted by atomic mass is 9.82. The van der Waals surface area contributed by atoms with E-state index in [0.717, 1.165) is 34.5 Å². The van der Waals surface area contributed by atoms with Crippen LogP contribution in [0.15, 0.2) is 54.6 Å². The molecule has 0 atom stereocenters. The van der Waals surface area contributed by atoms with E-state index in [4.69, 9.17) is 5.73 Å². The number of fused-ring (bicyclic) bond motifs is 1. The van der Waals surface area contributed by atoms with Crippen LogP contribution in [-0.2, 0) is 5.41 Å². The van der Waals surface area contributed by atoms with Crippen LogP contribution in [0.4, 0.5) is 11.6 Å². The van der Waals surface area contributed by atoms with E-state index < -0.39 is 0 Å². The quantitative estimate of drug-likeness (QED) is 0.486. The summed E-state index contributed by atoms with van der Waals surface area (Å²) >= 11 is 0. The molecule has 0 saturated carbocycles. The second kappa shape index (κ2) is 6.96. The number of hydrogen-bond acceptors (Lipinski definition) is 5. The molecule has 0 spiro atoms. The predicted molar refractivity (Wildman–Crippen MR) is 114 cm³/mol. The standard InChI is InChI=1S/C22H24N6/c1-14-6-4-5-7-17(14)22(2,3)13-24-20-11-10-18(25-27-20)15-8-9-19-16(12-15)21(23)28-26-19/h4-12H,13H2,1-3H3,(H,24,27)(H3,23,26,28). The maximum absolute atomic E-state index is 5.90. The first-order valence-electron chi connectivity index (χ1n) is 9.32. The van der Waals surface area contributed by atoms with Gasteiger partial charge in [0.05, 0.1) is 11.2 Å².